The van der Waals surface area contributed by atoms with E-state index >= 15 is 0 Å². The first-order valence-corrected chi connectivity index (χ1v) is 10.2. The smallest absolute Gasteiger partial charge is 0.375 e. The molecule has 0 fully saturated rings. The van der Waals surface area contributed by atoms with Crippen molar-refractivity contribution in [2.75, 3.05) is 6.26 Å². The van der Waals surface area contributed by atoms with Crippen LogP contribution in [0, 0.1) is 0 Å². The molecule has 0 radical (unpaired) electrons. The Balaban J connectivity index is 1.79. The molecule has 1 aromatic carbocycles. The zero-order valence-electron chi connectivity index (χ0n) is 15.3. The fourth-order valence-corrected chi connectivity index (χ4v) is 3.69. The Morgan fingerprint density at radius 2 is 1.82 bits per heavy atom. The number of oxazole rings is 1. The van der Waals surface area contributed by atoms with Crippen LogP contribution in [0.1, 0.15) is 19.4 Å². The maximum absolute atomic E-state index is 12.5. The van der Waals surface area contributed by atoms with Crippen LogP contribution < -0.4 is 4.74 Å². The quantitative estimate of drug-likeness (QED) is 0.615. The monoisotopic (exact) mass is 400 g/mol. The maximum Gasteiger partial charge on any atom is 0.375 e. The number of fused-ring (bicyclic) bond motifs is 1. The molecule has 2 aromatic heterocycles. The lowest BCUT2D eigenvalue weighted by atomic mass is 9.92. The van der Waals surface area contributed by atoms with E-state index in [2.05, 4.69) is 9.97 Å². The van der Waals surface area contributed by atoms with Crippen molar-refractivity contribution in [2.24, 2.45) is 0 Å². The summed E-state index contributed by atoms with van der Waals surface area (Å²) in [5, 5.41) is 0. The Kier molecular flexibility index (Phi) is 4.00. The molecule has 0 spiro atoms. The van der Waals surface area contributed by atoms with Crippen molar-refractivity contribution >= 4 is 32.6 Å². The van der Waals surface area contributed by atoms with E-state index < -0.39 is 21.4 Å². The molecule has 0 amide bonds. The predicted octanol–water partition coefficient (Wildman–Crippen LogP) is 2.75. The van der Waals surface area contributed by atoms with Crippen molar-refractivity contribution in [2.45, 2.75) is 24.3 Å². The Morgan fingerprint density at radius 3 is 2.50 bits per heavy atom. The molecule has 0 bridgehead atoms. The summed E-state index contributed by atoms with van der Waals surface area (Å²) in [5.41, 5.74) is 1.02. The van der Waals surface area contributed by atoms with Crippen LogP contribution in [-0.2, 0) is 19.4 Å². The summed E-state index contributed by atoms with van der Waals surface area (Å²) in [5.74, 6) is -0.300. The number of aromatic nitrogens is 2. The number of carbonyl (C=O) groups excluding carboxylic acids is 1. The van der Waals surface area contributed by atoms with Gasteiger partial charge in [-0.15, -0.1) is 0 Å². The number of esters is 1. The van der Waals surface area contributed by atoms with Gasteiger partial charge in [-0.25, -0.2) is 23.2 Å². The minimum atomic E-state index is -3.33. The fraction of sp³-hybridized carbons (Fsp3) is 0.211. The van der Waals surface area contributed by atoms with Crippen molar-refractivity contribution in [3.8, 4) is 5.75 Å². The average molecular weight is 400 g/mol. The molecule has 1 aliphatic heterocycles. The Bertz CT molecular complexity index is 1220. The predicted molar refractivity (Wildman–Crippen MR) is 99.1 cm³/mol. The first-order chi connectivity index (χ1) is 13.1. The average Bonchev–Trinajstić information content (AvgIpc) is 3.16. The van der Waals surface area contributed by atoms with E-state index in [4.69, 9.17) is 13.9 Å². The number of cyclic esters (lactones) is 1. The highest BCUT2D eigenvalue weighted by Crippen LogP contribution is 2.40. The van der Waals surface area contributed by atoms with Crippen molar-refractivity contribution in [1.29, 1.82) is 0 Å². The summed E-state index contributed by atoms with van der Waals surface area (Å²) >= 11 is 0. The van der Waals surface area contributed by atoms with Crippen LogP contribution in [-0.4, -0.2) is 36.2 Å². The third kappa shape index (κ3) is 3.13. The number of sulfone groups is 1. The third-order valence-corrected chi connectivity index (χ3v) is 5.45. The number of hydrogen-bond donors (Lipinski definition) is 0. The normalized spacial score (nSPS) is 16.5. The van der Waals surface area contributed by atoms with Crippen LogP contribution in [0.3, 0.4) is 0 Å². The molecule has 1 aliphatic rings. The minimum absolute atomic E-state index is 0.0155. The van der Waals surface area contributed by atoms with Crippen molar-refractivity contribution < 1.29 is 27.1 Å². The number of benzene rings is 1. The van der Waals surface area contributed by atoms with Crippen LogP contribution in [0.5, 0.6) is 5.75 Å². The standard InChI is InChI=1S/C19H16N2O6S/c1-19(2)15(11-4-6-13(7-5-11)28(3,23)24)16(18(22)27-19)26-12-8-14-17(20-9-12)25-10-21-14/h4-10H,1-3H3. The second-order valence-corrected chi connectivity index (χ2v) is 8.87. The van der Waals surface area contributed by atoms with Crippen LogP contribution in [0.4, 0.5) is 0 Å². The lowest BCUT2D eigenvalue weighted by Crippen LogP contribution is -2.22. The summed E-state index contributed by atoms with van der Waals surface area (Å²) in [6.45, 7) is 3.47. The molecular formula is C19H16N2O6S. The largest absolute Gasteiger partial charge is 0.449 e. The number of nitrogens with zero attached hydrogens (tertiary/aromatic N) is 2. The van der Waals surface area contributed by atoms with Gasteiger partial charge in [-0.05, 0) is 31.5 Å². The van der Waals surface area contributed by atoms with Gasteiger partial charge in [0.2, 0.25) is 11.5 Å². The van der Waals surface area contributed by atoms with Gasteiger partial charge in [0, 0.05) is 12.3 Å². The summed E-state index contributed by atoms with van der Waals surface area (Å²) < 4.78 is 39.8. The highest BCUT2D eigenvalue weighted by Gasteiger charge is 2.43. The van der Waals surface area contributed by atoms with E-state index in [1.54, 1.807) is 32.0 Å². The molecule has 144 valence electrons. The van der Waals surface area contributed by atoms with E-state index in [-0.39, 0.29) is 10.7 Å². The molecule has 4 rings (SSSR count). The molecular weight excluding hydrogens is 384 g/mol. The van der Waals surface area contributed by atoms with Gasteiger partial charge in [0.15, 0.2) is 16.2 Å². The van der Waals surface area contributed by atoms with E-state index in [0.29, 0.717) is 28.1 Å². The zero-order valence-corrected chi connectivity index (χ0v) is 16.1. The van der Waals surface area contributed by atoms with Crippen LogP contribution in [0.15, 0.2) is 58.0 Å². The van der Waals surface area contributed by atoms with Crippen LogP contribution >= 0.6 is 0 Å². The number of ether oxygens (including phenoxy) is 2. The van der Waals surface area contributed by atoms with Gasteiger partial charge in [-0.3, -0.25) is 0 Å². The van der Waals surface area contributed by atoms with Crippen LogP contribution in [0.25, 0.3) is 16.8 Å². The third-order valence-electron chi connectivity index (χ3n) is 4.32. The Hall–Kier alpha value is -3.20. The summed E-state index contributed by atoms with van der Waals surface area (Å²) in [6, 6.07) is 7.81. The van der Waals surface area contributed by atoms with E-state index in [1.807, 2.05) is 0 Å². The van der Waals surface area contributed by atoms with Gasteiger partial charge < -0.3 is 13.9 Å². The van der Waals surface area contributed by atoms with Gasteiger partial charge in [-0.2, -0.15) is 0 Å². The number of rotatable bonds is 4. The van der Waals surface area contributed by atoms with Crippen molar-refractivity contribution in [3.63, 3.8) is 0 Å². The maximum atomic E-state index is 12.5. The minimum Gasteiger partial charge on any atom is -0.449 e. The van der Waals surface area contributed by atoms with E-state index in [0.717, 1.165) is 6.26 Å². The Labute approximate surface area is 160 Å². The highest BCUT2D eigenvalue weighted by molar-refractivity contribution is 7.90. The second kappa shape index (κ2) is 6.16. The highest BCUT2D eigenvalue weighted by atomic mass is 32.2. The van der Waals surface area contributed by atoms with Crippen LogP contribution in [0.2, 0.25) is 0 Å². The van der Waals surface area contributed by atoms with Gasteiger partial charge in [0.25, 0.3) is 0 Å². The first kappa shape index (κ1) is 18.2. The summed E-state index contributed by atoms with van der Waals surface area (Å²) in [7, 11) is -3.33. The lowest BCUT2D eigenvalue weighted by Gasteiger charge is -2.21. The lowest BCUT2D eigenvalue weighted by molar-refractivity contribution is -0.145. The topological polar surface area (TPSA) is 109 Å². The summed E-state index contributed by atoms with van der Waals surface area (Å²) in [4.78, 5) is 20.7. The van der Waals surface area contributed by atoms with Gasteiger partial charge in [-0.1, -0.05) is 12.1 Å². The van der Waals surface area contributed by atoms with Gasteiger partial charge >= 0.3 is 5.97 Å². The molecule has 0 N–H and O–H groups in total. The summed E-state index contributed by atoms with van der Waals surface area (Å²) in [6.07, 6.45) is 3.82. The zero-order chi connectivity index (χ0) is 20.1. The first-order valence-electron chi connectivity index (χ1n) is 8.31. The van der Waals surface area contributed by atoms with Gasteiger partial charge in [0.05, 0.1) is 16.7 Å². The second-order valence-electron chi connectivity index (χ2n) is 6.85. The molecule has 0 saturated heterocycles. The molecule has 3 aromatic rings. The van der Waals surface area contributed by atoms with Gasteiger partial charge in [0.1, 0.15) is 16.9 Å². The molecule has 9 heteroatoms. The molecule has 3 heterocycles. The van der Waals surface area contributed by atoms with E-state index in [1.165, 1.54) is 24.7 Å². The molecule has 0 unspecified atom stereocenters. The molecule has 0 saturated carbocycles. The molecule has 8 nitrogen and oxygen atoms in total. The Morgan fingerprint density at radius 1 is 1.11 bits per heavy atom. The number of hydrogen-bond acceptors (Lipinski definition) is 8. The molecule has 0 atom stereocenters. The fourth-order valence-electron chi connectivity index (χ4n) is 3.06. The molecule has 28 heavy (non-hydrogen) atoms. The van der Waals surface area contributed by atoms with Crippen molar-refractivity contribution in [1.82, 2.24) is 9.97 Å². The molecule has 0 aliphatic carbocycles. The SMILES string of the molecule is CC1(C)OC(=O)C(Oc2cnc3ocnc3c2)=C1c1ccc(S(C)(=O)=O)cc1. The number of carbonyl (C=O) groups is 1. The van der Waals surface area contributed by atoms with Crippen molar-refractivity contribution in [3.05, 3.63) is 54.2 Å². The number of pyridine rings is 1. The van der Waals surface area contributed by atoms with E-state index in [9.17, 15) is 13.2 Å².